The van der Waals surface area contributed by atoms with E-state index in [0.29, 0.717) is 6.42 Å². The fourth-order valence-electron chi connectivity index (χ4n) is 2.08. The van der Waals surface area contributed by atoms with E-state index in [0.717, 1.165) is 28.2 Å². The van der Waals surface area contributed by atoms with Crippen molar-refractivity contribution in [2.75, 3.05) is 0 Å². The molecule has 0 N–H and O–H groups in total. The highest BCUT2D eigenvalue weighted by atomic mass is 32.1. The van der Waals surface area contributed by atoms with Crippen LogP contribution in [-0.2, 0) is 12.8 Å². The second-order valence-electron chi connectivity index (χ2n) is 4.74. The van der Waals surface area contributed by atoms with Crippen LogP contribution >= 0.6 is 11.3 Å². The summed E-state index contributed by atoms with van der Waals surface area (Å²) in [5.74, 6) is 0.105. The highest BCUT2D eigenvalue weighted by Gasteiger charge is 2.10. The van der Waals surface area contributed by atoms with Crippen LogP contribution in [-0.4, -0.2) is 15.8 Å². The third kappa shape index (κ3) is 3.61. The van der Waals surface area contributed by atoms with Gasteiger partial charge in [-0.1, -0.05) is 36.4 Å². The standard InChI is InChI=1S/C17H14N2OS/c20-16(14-6-2-1-3-7-14)10-15-12-21-17(19-15)9-13-5-4-8-18-11-13/h1-8,11-12H,9-10H2. The maximum atomic E-state index is 12.1. The van der Waals surface area contributed by atoms with Gasteiger partial charge in [-0.15, -0.1) is 11.3 Å². The molecule has 0 aliphatic carbocycles. The number of pyridine rings is 1. The third-order valence-electron chi connectivity index (χ3n) is 3.11. The van der Waals surface area contributed by atoms with E-state index >= 15 is 0 Å². The first-order valence-electron chi connectivity index (χ1n) is 6.72. The van der Waals surface area contributed by atoms with Gasteiger partial charge in [-0.2, -0.15) is 0 Å². The fourth-order valence-corrected chi connectivity index (χ4v) is 2.91. The van der Waals surface area contributed by atoms with Gasteiger partial charge in [0.25, 0.3) is 0 Å². The molecule has 3 nitrogen and oxygen atoms in total. The van der Waals surface area contributed by atoms with Gasteiger partial charge in [-0.25, -0.2) is 4.98 Å². The van der Waals surface area contributed by atoms with E-state index in [4.69, 9.17) is 0 Å². The van der Waals surface area contributed by atoms with Crippen LogP contribution in [0.5, 0.6) is 0 Å². The zero-order valence-corrected chi connectivity index (χ0v) is 12.2. The molecular formula is C17H14N2OS. The lowest BCUT2D eigenvalue weighted by atomic mass is 10.1. The highest BCUT2D eigenvalue weighted by molar-refractivity contribution is 7.09. The number of benzene rings is 1. The average Bonchev–Trinajstić information content (AvgIpc) is 2.96. The van der Waals surface area contributed by atoms with E-state index in [9.17, 15) is 4.79 Å². The van der Waals surface area contributed by atoms with Crippen LogP contribution in [0, 0.1) is 0 Å². The van der Waals surface area contributed by atoms with Crippen molar-refractivity contribution in [2.45, 2.75) is 12.8 Å². The Balaban J connectivity index is 1.67. The van der Waals surface area contributed by atoms with Gasteiger partial charge in [0.2, 0.25) is 0 Å². The molecule has 0 spiro atoms. The summed E-state index contributed by atoms with van der Waals surface area (Å²) in [6.45, 7) is 0. The van der Waals surface area contributed by atoms with E-state index in [1.54, 1.807) is 17.5 Å². The second kappa shape index (κ2) is 6.41. The summed E-state index contributed by atoms with van der Waals surface area (Å²) in [5.41, 5.74) is 2.71. The molecule has 0 saturated carbocycles. The molecule has 1 aromatic carbocycles. The van der Waals surface area contributed by atoms with Crippen LogP contribution in [0.1, 0.15) is 26.6 Å². The minimum absolute atomic E-state index is 0.105. The fraction of sp³-hybridized carbons (Fsp3) is 0.118. The van der Waals surface area contributed by atoms with Crippen molar-refractivity contribution in [1.29, 1.82) is 0 Å². The Hall–Kier alpha value is -2.33. The number of hydrogen-bond acceptors (Lipinski definition) is 4. The Kier molecular flexibility index (Phi) is 4.17. The summed E-state index contributed by atoms with van der Waals surface area (Å²) in [4.78, 5) is 20.8. The van der Waals surface area contributed by atoms with Gasteiger partial charge in [-0.3, -0.25) is 9.78 Å². The molecule has 0 atom stereocenters. The van der Waals surface area contributed by atoms with E-state index < -0.39 is 0 Å². The molecule has 0 unspecified atom stereocenters. The van der Waals surface area contributed by atoms with Crippen molar-refractivity contribution >= 4 is 17.1 Å². The summed E-state index contributed by atoms with van der Waals surface area (Å²) in [6.07, 6.45) is 4.72. The first kappa shape index (κ1) is 13.6. The van der Waals surface area contributed by atoms with Crippen molar-refractivity contribution in [3.8, 4) is 0 Å². The average molecular weight is 294 g/mol. The number of carbonyl (C=O) groups excluding carboxylic acids is 1. The number of Topliss-reactive ketones (excluding diaryl/α,β-unsaturated/α-hetero) is 1. The largest absolute Gasteiger partial charge is 0.294 e. The lowest BCUT2D eigenvalue weighted by Crippen LogP contribution is -2.03. The van der Waals surface area contributed by atoms with Gasteiger partial charge in [0.15, 0.2) is 5.78 Å². The maximum absolute atomic E-state index is 12.1. The van der Waals surface area contributed by atoms with Gasteiger partial charge in [0, 0.05) is 29.8 Å². The zero-order chi connectivity index (χ0) is 14.5. The first-order chi connectivity index (χ1) is 10.3. The van der Waals surface area contributed by atoms with Crippen LogP contribution in [0.3, 0.4) is 0 Å². The number of rotatable bonds is 5. The van der Waals surface area contributed by atoms with E-state index in [-0.39, 0.29) is 5.78 Å². The van der Waals surface area contributed by atoms with Gasteiger partial charge in [0.1, 0.15) is 0 Å². The third-order valence-corrected chi connectivity index (χ3v) is 4.01. The molecule has 0 aliphatic heterocycles. The topological polar surface area (TPSA) is 42.9 Å². The summed E-state index contributed by atoms with van der Waals surface area (Å²) >= 11 is 1.59. The second-order valence-corrected chi connectivity index (χ2v) is 5.68. The molecular weight excluding hydrogens is 280 g/mol. The Morgan fingerprint density at radius 3 is 2.71 bits per heavy atom. The van der Waals surface area contributed by atoms with E-state index in [1.807, 2.05) is 54.0 Å². The SMILES string of the molecule is O=C(Cc1csc(Cc2cccnc2)n1)c1ccccc1. The summed E-state index contributed by atoms with van der Waals surface area (Å²) in [5, 5.41) is 2.98. The minimum Gasteiger partial charge on any atom is -0.294 e. The van der Waals surface area contributed by atoms with Crippen molar-refractivity contribution in [3.05, 3.63) is 82.1 Å². The lowest BCUT2D eigenvalue weighted by molar-refractivity contribution is 0.0992. The van der Waals surface area contributed by atoms with Crippen LogP contribution in [0.25, 0.3) is 0 Å². The van der Waals surface area contributed by atoms with Crippen molar-refractivity contribution in [3.63, 3.8) is 0 Å². The van der Waals surface area contributed by atoms with Gasteiger partial charge in [-0.05, 0) is 11.6 Å². The first-order valence-corrected chi connectivity index (χ1v) is 7.59. The monoisotopic (exact) mass is 294 g/mol. The Morgan fingerprint density at radius 1 is 1.10 bits per heavy atom. The maximum Gasteiger partial charge on any atom is 0.168 e. The summed E-state index contributed by atoms with van der Waals surface area (Å²) in [6, 6.07) is 13.3. The number of aromatic nitrogens is 2. The molecule has 0 amide bonds. The lowest BCUT2D eigenvalue weighted by Gasteiger charge is -1.98. The molecule has 4 heteroatoms. The minimum atomic E-state index is 0.105. The number of thiazole rings is 1. The van der Waals surface area contributed by atoms with Crippen LogP contribution in [0.2, 0.25) is 0 Å². The molecule has 0 fully saturated rings. The predicted molar refractivity (Wildman–Crippen MR) is 83.6 cm³/mol. The van der Waals surface area contributed by atoms with Crippen molar-refractivity contribution in [2.24, 2.45) is 0 Å². The molecule has 104 valence electrons. The Morgan fingerprint density at radius 2 is 1.95 bits per heavy atom. The van der Waals surface area contributed by atoms with Crippen LogP contribution in [0.4, 0.5) is 0 Å². The zero-order valence-electron chi connectivity index (χ0n) is 11.4. The summed E-state index contributed by atoms with van der Waals surface area (Å²) < 4.78 is 0. The molecule has 3 aromatic rings. The molecule has 21 heavy (non-hydrogen) atoms. The number of hydrogen-bond donors (Lipinski definition) is 0. The molecule has 0 saturated heterocycles. The predicted octanol–water partition coefficient (Wildman–Crippen LogP) is 3.55. The molecule has 3 rings (SSSR count). The molecule has 0 bridgehead atoms. The van der Waals surface area contributed by atoms with Gasteiger partial charge < -0.3 is 0 Å². The molecule has 2 aromatic heterocycles. The van der Waals surface area contributed by atoms with Crippen molar-refractivity contribution < 1.29 is 4.79 Å². The normalized spacial score (nSPS) is 10.5. The molecule has 0 radical (unpaired) electrons. The Labute approximate surface area is 127 Å². The number of ketones is 1. The highest BCUT2D eigenvalue weighted by Crippen LogP contribution is 2.16. The van der Waals surface area contributed by atoms with Crippen LogP contribution < -0.4 is 0 Å². The van der Waals surface area contributed by atoms with E-state index in [1.165, 1.54) is 0 Å². The van der Waals surface area contributed by atoms with Gasteiger partial charge >= 0.3 is 0 Å². The quantitative estimate of drug-likeness (QED) is 0.676. The smallest absolute Gasteiger partial charge is 0.168 e. The molecule has 2 heterocycles. The number of nitrogens with zero attached hydrogens (tertiary/aromatic N) is 2. The van der Waals surface area contributed by atoms with Crippen LogP contribution in [0.15, 0.2) is 60.2 Å². The van der Waals surface area contributed by atoms with Gasteiger partial charge in [0.05, 0.1) is 17.1 Å². The van der Waals surface area contributed by atoms with E-state index in [2.05, 4.69) is 9.97 Å². The molecule has 0 aliphatic rings. The van der Waals surface area contributed by atoms with Crippen molar-refractivity contribution in [1.82, 2.24) is 9.97 Å². The number of carbonyl (C=O) groups is 1. The summed E-state index contributed by atoms with van der Waals surface area (Å²) in [7, 11) is 0. The Bertz CT molecular complexity index is 723.